The first-order chi connectivity index (χ1) is 12.8. The third-order valence-corrected chi connectivity index (χ3v) is 6.50. The molecule has 150 valence electrons. The third-order valence-electron chi connectivity index (χ3n) is 5.22. The van der Waals surface area contributed by atoms with Crippen molar-refractivity contribution >= 4 is 22.6 Å². The van der Waals surface area contributed by atoms with Gasteiger partial charge in [0.15, 0.2) is 5.78 Å². The van der Waals surface area contributed by atoms with Crippen LogP contribution in [0.4, 0.5) is 4.79 Å². The van der Waals surface area contributed by atoms with Gasteiger partial charge < -0.3 is 14.3 Å². The highest BCUT2D eigenvalue weighted by atomic mass is 32.2. The van der Waals surface area contributed by atoms with Gasteiger partial charge in [-0.25, -0.2) is 4.79 Å². The molecule has 0 unspecified atom stereocenters. The summed E-state index contributed by atoms with van der Waals surface area (Å²) in [4.78, 5) is 29.3. The van der Waals surface area contributed by atoms with Crippen LogP contribution in [-0.2, 0) is 27.4 Å². The van der Waals surface area contributed by atoms with Crippen LogP contribution in [0.15, 0.2) is 10.6 Å². The molecule has 0 radical (unpaired) electrons. The number of Topliss-reactive ketones (excluding diaryl/α,β-unsaturated/α-hetero) is 1. The third kappa shape index (κ3) is 4.78. The molecule has 2 aliphatic rings. The highest BCUT2D eigenvalue weighted by Gasteiger charge is 2.35. The van der Waals surface area contributed by atoms with Crippen LogP contribution in [0.3, 0.4) is 0 Å². The number of ketones is 1. The van der Waals surface area contributed by atoms with Crippen molar-refractivity contribution < 1.29 is 18.3 Å². The van der Waals surface area contributed by atoms with E-state index in [1.807, 2.05) is 26.8 Å². The van der Waals surface area contributed by atoms with Crippen molar-refractivity contribution in [2.45, 2.75) is 57.9 Å². The summed E-state index contributed by atoms with van der Waals surface area (Å²) in [6.07, 6.45) is 2.72. The highest BCUT2D eigenvalue weighted by Crippen LogP contribution is 2.25. The Balaban J connectivity index is 1.67. The van der Waals surface area contributed by atoms with Crippen molar-refractivity contribution in [2.24, 2.45) is 0 Å². The minimum Gasteiger partial charge on any atom is -0.361 e. The fourth-order valence-electron chi connectivity index (χ4n) is 3.55. The molecule has 0 bridgehead atoms. The van der Waals surface area contributed by atoms with Gasteiger partial charge in [0.25, 0.3) is 0 Å². The van der Waals surface area contributed by atoms with Crippen molar-refractivity contribution in [3.63, 3.8) is 0 Å². The Bertz CT molecular complexity index is 715. The normalized spacial score (nSPS) is 22.1. The van der Waals surface area contributed by atoms with E-state index in [0.29, 0.717) is 43.3 Å². The van der Waals surface area contributed by atoms with Crippen molar-refractivity contribution in [1.82, 2.24) is 15.0 Å². The maximum Gasteiger partial charge on any atom is 0.320 e. The lowest BCUT2D eigenvalue weighted by molar-refractivity contribution is -0.124. The number of nitrogens with zero attached hydrogens (tertiary/aromatic N) is 3. The second-order valence-corrected chi connectivity index (χ2v) is 10.1. The van der Waals surface area contributed by atoms with Gasteiger partial charge in [0.05, 0.1) is 18.2 Å². The van der Waals surface area contributed by atoms with E-state index in [4.69, 9.17) is 4.52 Å². The average molecular weight is 396 g/mol. The van der Waals surface area contributed by atoms with Gasteiger partial charge in [-0.15, -0.1) is 0 Å². The number of carbonyl (C=O) groups is 2. The van der Waals surface area contributed by atoms with Crippen molar-refractivity contribution in [1.29, 1.82) is 0 Å². The smallest absolute Gasteiger partial charge is 0.320 e. The van der Waals surface area contributed by atoms with Crippen LogP contribution < -0.4 is 0 Å². The highest BCUT2D eigenvalue weighted by molar-refractivity contribution is 7.85. The summed E-state index contributed by atoms with van der Waals surface area (Å²) in [5, 5.41) is 4.04. The molecular formula is C19H29N3O4S. The molecule has 0 aromatic carbocycles. The predicted molar refractivity (Wildman–Crippen MR) is 103 cm³/mol. The molecule has 3 heterocycles. The SMILES string of the molecule is CC(C)(C)c1cc(CC(=O)[C@@H]2CCCCN2C(=O)N2CCS(=O)CC2)no1. The quantitative estimate of drug-likeness (QED) is 0.783. The van der Waals surface area contributed by atoms with Gasteiger partial charge >= 0.3 is 6.03 Å². The largest absolute Gasteiger partial charge is 0.361 e. The van der Waals surface area contributed by atoms with Crippen LogP contribution in [0.1, 0.15) is 51.5 Å². The summed E-state index contributed by atoms with van der Waals surface area (Å²) in [7, 11) is -0.830. The van der Waals surface area contributed by atoms with E-state index in [2.05, 4.69) is 5.16 Å². The standard InChI is InChI=1S/C19H29N3O4S/c1-19(2,3)17-13-14(20-26-17)12-16(23)15-6-4-5-7-22(15)18(24)21-8-10-27(25)11-9-21/h13,15H,4-12H2,1-3H3/t15-/m0/s1. The van der Waals surface area contributed by atoms with E-state index in [0.717, 1.165) is 18.6 Å². The number of carbonyl (C=O) groups excluding carboxylic acids is 2. The Morgan fingerprint density at radius 3 is 2.56 bits per heavy atom. The van der Waals surface area contributed by atoms with Crippen LogP contribution in [0, 0.1) is 0 Å². The van der Waals surface area contributed by atoms with E-state index in [1.54, 1.807) is 9.80 Å². The van der Waals surface area contributed by atoms with Crippen molar-refractivity contribution in [3.8, 4) is 0 Å². The summed E-state index contributed by atoms with van der Waals surface area (Å²) in [6.45, 7) is 7.70. The molecule has 3 rings (SSSR count). The fraction of sp³-hybridized carbons (Fsp3) is 0.737. The van der Waals surface area contributed by atoms with Gasteiger partial charge in [0.1, 0.15) is 5.76 Å². The molecule has 0 N–H and O–H groups in total. The van der Waals surface area contributed by atoms with E-state index >= 15 is 0 Å². The fourth-order valence-corrected chi connectivity index (χ4v) is 4.60. The zero-order valence-electron chi connectivity index (χ0n) is 16.4. The van der Waals surface area contributed by atoms with Crippen LogP contribution in [0.5, 0.6) is 0 Å². The topological polar surface area (TPSA) is 83.7 Å². The number of aromatic nitrogens is 1. The minimum atomic E-state index is -0.830. The molecule has 1 atom stereocenters. The predicted octanol–water partition coefficient (Wildman–Crippen LogP) is 2.12. The average Bonchev–Trinajstić information content (AvgIpc) is 3.10. The number of amides is 2. The lowest BCUT2D eigenvalue weighted by atomic mass is 9.92. The minimum absolute atomic E-state index is 0.0115. The van der Waals surface area contributed by atoms with Crippen LogP contribution in [0.2, 0.25) is 0 Å². The Labute approximate surface area is 162 Å². The van der Waals surface area contributed by atoms with Gasteiger partial charge in [-0.1, -0.05) is 25.9 Å². The van der Waals surface area contributed by atoms with E-state index in [-0.39, 0.29) is 23.7 Å². The zero-order chi connectivity index (χ0) is 19.6. The van der Waals surface area contributed by atoms with E-state index < -0.39 is 16.8 Å². The summed E-state index contributed by atoms with van der Waals surface area (Å²) >= 11 is 0. The van der Waals surface area contributed by atoms with Gasteiger partial charge in [0.2, 0.25) is 0 Å². The molecular weight excluding hydrogens is 366 g/mol. The molecule has 7 nitrogen and oxygen atoms in total. The lowest BCUT2D eigenvalue weighted by Gasteiger charge is -2.39. The molecule has 0 spiro atoms. The first-order valence-electron chi connectivity index (χ1n) is 9.65. The maximum absolute atomic E-state index is 12.9. The van der Waals surface area contributed by atoms with Crippen LogP contribution >= 0.6 is 0 Å². The van der Waals surface area contributed by atoms with Gasteiger partial charge in [0, 0.05) is 53.4 Å². The Kier molecular flexibility index (Phi) is 6.03. The second-order valence-electron chi connectivity index (χ2n) is 8.40. The number of urea groups is 1. The molecule has 1 aromatic rings. The molecule has 1 aromatic heterocycles. The first kappa shape index (κ1) is 20.0. The zero-order valence-corrected chi connectivity index (χ0v) is 17.2. The summed E-state index contributed by atoms with van der Waals surface area (Å²) in [5.74, 6) is 1.81. The Hall–Kier alpha value is -1.70. The van der Waals surface area contributed by atoms with Crippen molar-refractivity contribution in [3.05, 3.63) is 17.5 Å². The summed E-state index contributed by atoms with van der Waals surface area (Å²) < 4.78 is 16.9. The Morgan fingerprint density at radius 1 is 1.22 bits per heavy atom. The molecule has 2 saturated heterocycles. The van der Waals surface area contributed by atoms with Gasteiger partial charge in [-0.2, -0.15) is 0 Å². The molecule has 27 heavy (non-hydrogen) atoms. The Morgan fingerprint density at radius 2 is 1.93 bits per heavy atom. The molecule has 2 fully saturated rings. The van der Waals surface area contributed by atoms with Crippen LogP contribution in [-0.4, -0.2) is 68.2 Å². The number of piperidine rings is 1. The lowest BCUT2D eigenvalue weighted by Crippen LogP contribution is -2.55. The molecule has 2 amide bonds. The summed E-state index contributed by atoms with van der Waals surface area (Å²) in [6, 6.07) is 1.33. The number of hydrogen-bond donors (Lipinski definition) is 0. The maximum atomic E-state index is 12.9. The first-order valence-corrected chi connectivity index (χ1v) is 11.1. The number of rotatable bonds is 3. The van der Waals surface area contributed by atoms with Gasteiger partial charge in [-0.05, 0) is 19.3 Å². The molecule has 8 heteroatoms. The molecule has 0 aliphatic carbocycles. The number of likely N-dealkylation sites (tertiary alicyclic amines) is 1. The van der Waals surface area contributed by atoms with Crippen LogP contribution in [0.25, 0.3) is 0 Å². The molecule has 2 aliphatic heterocycles. The molecule has 0 saturated carbocycles. The number of hydrogen-bond acceptors (Lipinski definition) is 5. The summed E-state index contributed by atoms with van der Waals surface area (Å²) in [5.41, 5.74) is 0.464. The van der Waals surface area contributed by atoms with Gasteiger partial charge in [-0.3, -0.25) is 9.00 Å². The van der Waals surface area contributed by atoms with E-state index in [9.17, 15) is 13.8 Å². The van der Waals surface area contributed by atoms with Crippen molar-refractivity contribution in [2.75, 3.05) is 31.1 Å². The monoisotopic (exact) mass is 395 g/mol. The second kappa shape index (κ2) is 8.12. The van der Waals surface area contributed by atoms with E-state index in [1.165, 1.54) is 0 Å².